The van der Waals surface area contributed by atoms with Gasteiger partial charge in [-0.3, -0.25) is 9.59 Å². The largest absolute Gasteiger partial charge is 0.315 e. The molecule has 6 N–H and O–H groups in total. The standard InChI is InChI=1S/C23H24ClN7O2/c1-13(26-2)22(32)30-19-9-15(17-6-4-5-14(11-25)21(17)27-3)10-20(29-19)31-23(33)18-8-7-16(24)12-28-18/h4-13,25-27H,1-3H3,(H2,29,30,31,32,33)/p+1. The van der Waals surface area contributed by atoms with Crippen LogP contribution in [0.15, 0.2) is 48.7 Å². The normalized spacial score (nSPS) is 11.5. The number of hydrogen-bond acceptors (Lipinski definition) is 6. The van der Waals surface area contributed by atoms with E-state index in [-0.39, 0.29) is 23.2 Å². The number of aromatic nitrogens is 2. The lowest BCUT2D eigenvalue weighted by Crippen LogP contribution is -2.73. The number of amides is 2. The number of pyridine rings is 2. The summed E-state index contributed by atoms with van der Waals surface area (Å²) in [7, 11) is 3.57. The minimum atomic E-state index is -0.465. The lowest BCUT2D eigenvalue weighted by atomic mass is 10.0. The van der Waals surface area contributed by atoms with Gasteiger partial charge < -0.3 is 26.7 Å². The minimum absolute atomic E-state index is 0.175. The molecular formula is C23H25ClN7O2+. The molecule has 2 amide bonds. The first-order valence-corrected chi connectivity index (χ1v) is 10.6. The van der Waals surface area contributed by atoms with Crippen molar-refractivity contribution in [2.45, 2.75) is 13.0 Å². The van der Waals surface area contributed by atoms with Crippen molar-refractivity contribution < 1.29 is 14.9 Å². The summed E-state index contributed by atoms with van der Waals surface area (Å²) in [6.45, 7) is 1.73. The molecule has 0 radical (unpaired) electrons. The Bertz CT molecular complexity index is 1180. The molecule has 0 aliphatic carbocycles. The second-order valence-electron chi connectivity index (χ2n) is 7.18. The smallest absolute Gasteiger partial charge is 0.275 e. The molecule has 2 aromatic heterocycles. The van der Waals surface area contributed by atoms with E-state index in [1.54, 1.807) is 32.2 Å². The number of hydrogen-bond donors (Lipinski definition) is 5. The summed E-state index contributed by atoms with van der Waals surface area (Å²) >= 11 is 5.85. The van der Waals surface area contributed by atoms with Crippen molar-refractivity contribution in [2.75, 3.05) is 24.7 Å². The molecule has 10 heteroatoms. The summed E-state index contributed by atoms with van der Waals surface area (Å²) in [5.74, 6) is -0.215. The predicted octanol–water partition coefficient (Wildman–Crippen LogP) is 2.42. The van der Waals surface area contributed by atoms with Crippen molar-refractivity contribution in [3.63, 3.8) is 0 Å². The molecule has 0 bridgehead atoms. The molecule has 2 heterocycles. The van der Waals surface area contributed by atoms with Crippen LogP contribution >= 0.6 is 11.6 Å². The number of halogens is 1. The Labute approximate surface area is 196 Å². The first kappa shape index (κ1) is 24.0. The fourth-order valence-corrected chi connectivity index (χ4v) is 3.26. The van der Waals surface area contributed by atoms with E-state index in [0.29, 0.717) is 10.6 Å². The summed E-state index contributed by atoms with van der Waals surface area (Å²) in [6.07, 6.45) is 2.67. The first-order chi connectivity index (χ1) is 15.9. The Morgan fingerprint density at radius 3 is 2.48 bits per heavy atom. The van der Waals surface area contributed by atoms with Crippen LogP contribution < -0.4 is 21.3 Å². The van der Waals surface area contributed by atoms with Crippen molar-refractivity contribution in [1.29, 1.82) is 5.41 Å². The van der Waals surface area contributed by atoms with Crippen LogP contribution in [0, 0.1) is 5.41 Å². The predicted molar refractivity (Wildman–Crippen MR) is 129 cm³/mol. The molecule has 0 aliphatic rings. The summed E-state index contributed by atoms with van der Waals surface area (Å²) < 4.78 is 0. The van der Waals surface area contributed by atoms with E-state index in [4.69, 9.17) is 17.0 Å². The molecule has 1 atom stereocenters. The molecule has 0 aliphatic heterocycles. The first-order valence-electron chi connectivity index (χ1n) is 10.2. The van der Waals surface area contributed by atoms with E-state index >= 15 is 0 Å². The molecule has 9 nitrogen and oxygen atoms in total. The van der Waals surface area contributed by atoms with Crippen LogP contribution in [0.3, 0.4) is 0 Å². The quantitative estimate of drug-likeness (QED) is 0.256. The van der Waals surface area contributed by atoms with Crippen LogP contribution in [0.4, 0.5) is 17.3 Å². The SMILES string of the molecule is CNC(C)C(=O)Nc1cc(-c2cccc(C=N)c2[NH2+]C)cc(NC(=O)c2ccc(Cl)cn2)n1. The van der Waals surface area contributed by atoms with Crippen LogP contribution in [-0.4, -0.2) is 48.1 Å². The van der Waals surface area contributed by atoms with Crippen LogP contribution in [-0.2, 0) is 4.79 Å². The van der Waals surface area contributed by atoms with Gasteiger partial charge in [0.25, 0.3) is 5.91 Å². The number of anilines is 2. The van der Waals surface area contributed by atoms with E-state index < -0.39 is 11.9 Å². The van der Waals surface area contributed by atoms with E-state index in [1.807, 2.05) is 30.6 Å². The summed E-state index contributed by atoms with van der Waals surface area (Å²) in [6, 6.07) is 11.7. The van der Waals surface area contributed by atoms with Gasteiger partial charge in [-0.05, 0) is 55.9 Å². The van der Waals surface area contributed by atoms with Crippen molar-refractivity contribution in [3.8, 4) is 11.1 Å². The maximum atomic E-state index is 12.7. The number of nitrogens with zero attached hydrogens (tertiary/aromatic N) is 2. The molecule has 1 aromatic carbocycles. The molecule has 3 aromatic rings. The number of para-hydroxylation sites is 1. The van der Waals surface area contributed by atoms with E-state index in [2.05, 4.69) is 25.9 Å². The van der Waals surface area contributed by atoms with E-state index in [9.17, 15) is 9.59 Å². The summed E-state index contributed by atoms with van der Waals surface area (Å²) in [4.78, 5) is 33.6. The second-order valence-corrected chi connectivity index (χ2v) is 7.62. The monoisotopic (exact) mass is 466 g/mol. The Kier molecular flexibility index (Phi) is 7.83. The Hall–Kier alpha value is -3.66. The van der Waals surface area contributed by atoms with Gasteiger partial charge in [-0.1, -0.05) is 17.7 Å². The molecule has 0 spiro atoms. The highest BCUT2D eigenvalue weighted by molar-refractivity contribution is 6.30. The minimum Gasteiger partial charge on any atom is -0.315 e. The number of likely N-dealkylation sites (N-methyl/N-ethyl adjacent to an activating group) is 1. The maximum Gasteiger partial charge on any atom is 0.275 e. The number of benzene rings is 1. The molecule has 0 saturated carbocycles. The lowest BCUT2D eigenvalue weighted by Gasteiger charge is -2.15. The molecule has 170 valence electrons. The average Bonchev–Trinajstić information content (AvgIpc) is 2.82. The number of carbonyl (C=O) groups excluding carboxylic acids is 2. The summed E-state index contributed by atoms with van der Waals surface area (Å²) in [5, 5.41) is 18.4. The fraction of sp³-hybridized carbons (Fsp3) is 0.174. The number of nitrogens with one attached hydrogen (secondary N) is 4. The maximum absolute atomic E-state index is 12.7. The van der Waals surface area contributed by atoms with Crippen molar-refractivity contribution in [2.24, 2.45) is 0 Å². The van der Waals surface area contributed by atoms with Crippen molar-refractivity contribution in [3.05, 3.63) is 64.9 Å². The Balaban J connectivity index is 2.05. The summed E-state index contributed by atoms with van der Waals surface area (Å²) in [5.41, 5.74) is 3.33. The van der Waals surface area contributed by atoms with Gasteiger partial charge in [-0.25, -0.2) is 9.97 Å². The van der Waals surface area contributed by atoms with Crippen molar-refractivity contribution >= 4 is 47.0 Å². The van der Waals surface area contributed by atoms with Crippen LogP contribution in [0.2, 0.25) is 5.02 Å². The topological polar surface area (TPSA) is 136 Å². The lowest BCUT2D eigenvalue weighted by molar-refractivity contribution is -0.538. The van der Waals surface area contributed by atoms with E-state index in [1.165, 1.54) is 18.5 Å². The number of nitrogens with two attached hydrogens (primary N) is 1. The third-order valence-corrected chi connectivity index (χ3v) is 5.22. The second kappa shape index (κ2) is 10.8. The van der Waals surface area contributed by atoms with Gasteiger partial charge in [-0.2, -0.15) is 0 Å². The number of carbonyl (C=O) groups is 2. The number of rotatable bonds is 8. The third-order valence-electron chi connectivity index (χ3n) is 5.00. The highest BCUT2D eigenvalue weighted by Gasteiger charge is 2.17. The fourth-order valence-electron chi connectivity index (χ4n) is 3.15. The third kappa shape index (κ3) is 5.78. The molecule has 33 heavy (non-hydrogen) atoms. The van der Waals surface area contributed by atoms with Gasteiger partial charge in [0.1, 0.15) is 23.0 Å². The van der Waals surface area contributed by atoms with Crippen LogP contribution in [0.5, 0.6) is 0 Å². The van der Waals surface area contributed by atoms with E-state index in [0.717, 1.165) is 16.8 Å². The zero-order valence-corrected chi connectivity index (χ0v) is 19.2. The molecular weight excluding hydrogens is 442 g/mol. The van der Waals surface area contributed by atoms with Gasteiger partial charge in [0, 0.05) is 18.0 Å². The average molecular weight is 467 g/mol. The molecule has 1 unspecified atom stereocenters. The molecule has 0 fully saturated rings. The van der Waals surface area contributed by atoms with Gasteiger partial charge >= 0.3 is 0 Å². The van der Waals surface area contributed by atoms with Gasteiger partial charge in [0.15, 0.2) is 0 Å². The molecule has 0 saturated heterocycles. The highest BCUT2D eigenvalue weighted by Crippen LogP contribution is 2.30. The van der Waals surface area contributed by atoms with Crippen molar-refractivity contribution in [1.82, 2.24) is 15.3 Å². The van der Waals surface area contributed by atoms with Gasteiger partial charge in [0.05, 0.1) is 23.7 Å². The van der Waals surface area contributed by atoms with Gasteiger partial charge in [0.2, 0.25) is 5.91 Å². The van der Waals surface area contributed by atoms with Crippen LogP contribution in [0.1, 0.15) is 23.0 Å². The Morgan fingerprint density at radius 2 is 1.88 bits per heavy atom. The molecule has 3 rings (SSSR count). The van der Waals surface area contributed by atoms with Gasteiger partial charge in [-0.15, -0.1) is 0 Å². The Morgan fingerprint density at radius 1 is 1.15 bits per heavy atom. The zero-order valence-electron chi connectivity index (χ0n) is 18.4. The van der Waals surface area contributed by atoms with Crippen LogP contribution in [0.25, 0.3) is 11.1 Å². The zero-order chi connectivity index (χ0) is 24.0. The number of quaternary nitrogens is 1. The highest BCUT2D eigenvalue weighted by atomic mass is 35.5.